The maximum atomic E-state index is 6.05. The van der Waals surface area contributed by atoms with E-state index in [-0.39, 0.29) is 10.8 Å². The molecule has 39 heavy (non-hydrogen) atoms. The number of nitrogen functional groups attached to an aromatic ring is 1. The normalized spacial score (nSPS) is 14.0. The minimum atomic E-state index is -0.0109. The monoisotopic (exact) mass is 518 g/mol. The molecule has 0 fully saturated rings. The van der Waals surface area contributed by atoms with Gasteiger partial charge in [0, 0.05) is 28.2 Å². The van der Waals surface area contributed by atoms with Crippen LogP contribution < -0.4 is 10.6 Å². The summed E-state index contributed by atoms with van der Waals surface area (Å²) < 4.78 is 0. The van der Waals surface area contributed by atoms with Gasteiger partial charge >= 0.3 is 0 Å². The quantitative estimate of drug-likeness (QED) is 0.200. The summed E-state index contributed by atoms with van der Waals surface area (Å²) in [5.74, 6) is 0.553. The van der Waals surface area contributed by atoms with Crippen molar-refractivity contribution < 1.29 is 0 Å². The van der Waals surface area contributed by atoms with Gasteiger partial charge in [-0.2, -0.15) is 0 Å². The van der Waals surface area contributed by atoms with Crippen molar-refractivity contribution in [2.24, 2.45) is 0 Å². The van der Waals surface area contributed by atoms with E-state index >= 15 is 0 Å². The van der Waals surface area contributed by atoms with Crippen molar-refractivity contribution in [2.45, 2.75) is 84.0 Å². The molecular weight excluding hydrogens is 472 g/mol. The Morgan fingerprint density at radius 3 is 1.67 bits per heavy atom. The Morgan fingerprint density at radius 2 is 1.18 bits per heavy atom. The van der Waals surface area contributed by atoms with Crippen LogP contribution in [-0.2, 0) is 10.8 Å². The Kier molecular flexibility index (Phi) is 8.85. The maximum Gasteiger partial charge on any atom is 0.0463 e. The van der Waals surface area contributed by atoms with Crippen LogP contribution in [0.5, 0.6) is 0 Å². The first-order valence-corrected chi connectivity index (χ1v) is 14.7. The van der Waals surface area contributed by atoms with Crippen LogP contribution in [0.1, 0.15) is 89.8 Å². The summed E-state index contributed by atoms with van der Waals surface area (Å²) in [4.78, 5) is 2.33. The number of nitrogens with zero attached hydrogens (tertiary/aromatic N) is 1. The molecule has 0 aliphatic carbocycles. The first-order valence-electron chi connectivity index (χ1n) is 14.7. The van der Waals surface area contributed by atoms with E-state index in [1.54, 1.807) is 0 Å². The third-order valence-corrected chi connectivity index (χ3v) is 9.13. The van der Waals surface area contributed by atoms with Crippen LogP contribution in [0.4, 0.5) is 22.7 Å². The van der Waals surface area contributed by atoms with E-state index in [0.29, 0.717) is 5.92 Å². The van der Waals surface area contributed by atoms with Crippen molar-refractivity contribution in [1.82, 2.24) is 0 Å². The maximum absolute atomic E-state index is 6.05. The van der Waals surface area contributed by atoms with Crippen LogP contribution in [-0.4, -0.2) is 0 Å². The molecule has 2 atom stereocenters. The smallest absolute Gasteiger partial charge is 0.0463 e. The summed E-state index contributed by atoms with van der Waals surface area (Å²) >= 11 is 0. The standard InChI is InChI=1S/C37H46N2/c1-7-27-37(9-3,36(5,6)30-13-11-10-12-14-30)31-17-23-34(24-18-31)39(35-25-19-32(38)20-26-35)33-21-15-29(16-22-33)28(4)8-2/h10-26,28H,7-9,27,38H2,1-6H3. The minimum absolute atomic E-state index is 0.0109. The molecule has 0 bridgehead atoms. The van der Waals surface area contributed by atoms with Crippen molar-refractivity contribution in [1.29, 1.82) is 0 Å². The highest BCUT2D eigenvalue weighted by Crippen LogP contribution is 2.50. The Bertz CT molecular complexity index is 1300. The second kappa shape index (κ2) is 12.1. The molecule has 0 radical (unpaired) electrons. The van der Waals surface area contributed by atoms with Gasteiger partial charge < -0.3 is 10.6 Å². The van der Waals surface area contributed by atoms with Gasteiger partial charge in [0.25, 0.3) is 0 Å². The molecule has 0 saturated carbocycles. The third kappa shape index (κ3) is 5.62. The molecule has 4 aromatic rings. The van der Waals surface area contributed by atoms with Gasteiger partial charge in [-0.3, -0.25) is 0 Å². The van der Waals surface area contributed by atoms with Gasteiger partial charge in [0.05, 0.1) is 0 Å². The molecule has 0 aliphatic heterocycles. The molecule has 4 rings (SSSR count). The molecule has 204 valence electrons. The lowest BCUT2D eigenvalue weighted by Gasteiger charge is -2.48. The number of anilines is 4. The first-order chi connectivity index (χ1) is 18.8. The van der Waals surface area contributed by atoms with Crippen LogP contribution in [0.25, 0.3) is 0 Å². The van der Waals surface area contributed by atoms with Crippen LogP contribution in [0.15, 0.2) is 103 Å². The Morgan fingerprint density at radius 1 is 0.667 bits per heavy atom. The highest BCUT2D eigenvalue weighted by atomic mass is 15.1. The fourth-order valence-corrected chi connectivity index (χ4v) is 6.39. The number of hydrogen-bond acceptors (Lipinski definition) is 2. The first kappa shape index (κ1) is 28.5. The number of nitrogens with two attached hydrogens (primary N) is 1. The lowest BCUT2D eigenvalue weighted by atomic mass is 9.56. The second-order valence-corrected chi connectivity index (χ2v) is 11.6. The van der Waals surface area contributed by atoms with Crippen molar-refractivity contribution in [3.63, 3.8) is 0 Å². The highest BCUT2D eigenvalue weighted by Gasteiger charge is 2.45. The van der Waals surface area contributed by atoms with Crippen LogP contribution in [0.2, 0.25) is 0 Å². The minimum Gasteiger partial charge on any atom is -0.399 e. The molecule has 0 spiro atoms. The van der Waals surface area contributed by atoms with E-state index in [9.17, 15) is 0 Å². The van der Waals surface area contributed by atoms with E-state index in [1.165, 1.54) is 16.7 Å². The zero-order valence-corrected chi connectivity index (χ0v) is 24.7. The van der Waals surface area contributed by atoms with Crippen molar-refractivity contribution >= 4 is 22.7 Å². The molecule has 0 aromatic heterocycles. The molecule has 2 heteroatoms. The van der Waals surface area contributed by atoms with Gasteiger partial charge in [-0.25, -0.2) is 0 Å². The largest absolute Gasteiger partial charge is 0.399 e. The molecule has 0 aliphatic rings. The van der Waals surface area contributed by atoms with E-state index in [2.05, 4.69) is 137 Å². The van der Waals surface area contributed by atoms with Crippen LogP contribution in [0, 0.1) is 0 Å². The van der Waals surface area contributed by atoms with Gasteiger partial charge in [0.15, 0.2) is 0 Å². The lowest BCUT2D eigenvalue weighted by Crippen LogP contribution is -2.45. The summed E-state index contributed by atoms with van der Waals surface area (Å²) in [6, 6.07) is 37.6. The molecule has 2 nitrogen and oxygen atoms in total. The number of benzene rings is 4. The van der Waals surface area contributed by atoms with Crippen molar-refractivity contribution in [2.75, 3.05) is 10.6 Å². The second-order valence-electron chi connectivity index (χ2n) is 11.6. The van der Waals surface area contributed by atoms with E-state index in [1.807, 2.05) is 12.1 Å². The number of hydrogen-bond donors (Lipinski definition) is 1. The average molecular weight is 519 g/mol. The van der Waals surface area contributed by atoms with Gasteiger partial charge in [-0.1, -0.05) is 103 Å². The SMILES string of the molecule is CCCC(CC)(c1ccc(N(c2ccc(N)cc2)c2ccc(C(C)CC)cc2)cc1)C(C)(C)c1ccccc1. The zero-order valence-electron chi connectivity index (χ0n) is 24.7. The summed E-state index contributed by atoms with van der Waals surface area (Å²) in [6.45, 7) is 14.1. The Labute approximate surface area is 236 Å². The fraction of sp³-hybridized carbons (Fsp3) is 0.351. The summed E-state index contributed by atoms with van der Waals surface area (Å²) in [6.07, 6.45) is 4.51. The number of rotatable bonds is 11. The van der Waals surface area contributed by atoms with Gasteiger partial charge in [-0.15, -0.1) is 0 Å². The zero-order chi connectivity index (χ0) is 28.0. The molecule has 0 heterocycles. The average Bonchev–Trinajstić information content (AvgIpc) is 2.98. The van der Waals surface area contributed by atoms with Gasteiger partial charge in [-0.05, 0) is 95.8 Å². The van der Waals surface area contributed by atoms with E-state index in [0.717, 1.165) is 48.4 Å². The topological polar surface area (TPSA) is 29.3 Å². The Balaban J connectivity index is 1.79. The molecular formula is C37H46N2. The molecule has 0 saturated heterocycles. The van der Waals surface area contributed by atoms with E-state index < -0.39 is 0 Å². The molecule has 0 amide bonds. The van der Waals surface area contributed by atoms with Crippen LogP contribution >= 0.6 is 0 Å². The summed E-state index contributed by atoms with van der Waals surface area (Å²) in [5.41, 5.74) is 14.4. The van der Waals surface area contributed by atoms with Crippen LogP contribution in [0.3, 0.4) is 0 Å². The lowest BCUT2D eigenvalue weighted by molar-refractivity contribution is 0.221. The van der Waals surface area contributed by atoms with Crippen molar-refractivity contribution in [3.8, 4) is 0 Å². The predicted octanol–water partition coefficient (Wildman–Crippen LogP) is 10.7. The fourth-order valence-electron chi connectivity index (χ4n) is 6.39. The summed E-state index contributed by atoms with van der Waals surface area (Å²) in [5, 5.41) is 0. The van der Waals surface area contributed by atoms with Crippen molar-refractivity contribution in [3.05, 3.63) is 120 Å². The highest BCUT2D eigenvalue weighted by molar-refractivity contribution is 5.77. The molecule has 4 aromatic carbocycles. The van der Waals surface area contributed by atoms with E-state index in [4.69, 9.17) is 5.73 Å². The van der Waals surface area contributed by atoms with Gasteiger partial charge in [0.1, 0.15) is 0 Å². The molecule has 2 N–H and O–H groups in total. The third-order valence-electron chi connectivity index (χ3n) is 9.13. The van der Waals surface area contributed by atoms with Gasteiger partial charge in [0.2, 0.25) is 0 Å². The Hall–Kier alpha value is -3.52. The molecule has 2 unspecified atom stereocenters. The summed E-state index contributed by atoms with van der Waals surface area (Å²) in [7, 11) is 0. The predicted molar refractivity (Wildman–Crippen MR) is 171 cm³/mol.